The van der Waals surface area contributed by atoms with E-state index in [4.69, 9.17) is 9.15 Å². The highest BCUT2D eigenvalue weighted by Gasteiger charge is 2.74. The van der Waals surface area contributed by atoms with Gasteiger partial charge >= 0.3 is 5.97 Å². The van der Waals surface area contributed by atoms with Crippen molar-refractivity contribution in [2.45, 2.75) is 57.5 Å². The molecule has 2 aliphatic heterocycles. The Labute approximate surface area is 177 Å². The zero-order valence-electron chi connectivity index (χ0n) is 18.1. The Kier molecular flexibility index (Phi) is 4.11. The lowest BCUT2D eigenvalue weighted by Gasteiger charge is -2.71. The zero-order chi connectivity index (χ0) is 21.3. The van der Waals surface area contributed by atoms with Crippen molar-refractivity contribution in [2.75, 3.05) is 13.7 Å². The van der Waals surface area contributed by atoms with Crippen molar-refractivity contribution < 1.29 is 18.7 Å². The van der Waals surface area contributed by atoms with Crippen LogP contribution in [0.25, 0.3) is 0 Å². The molecule has 4 aliphatic rings. The highest BCUT2D eigenvalue weighted by Crippen LogP contribution is 2.68. The lowest BCUT2D eigenvalue weighted by Crippen LogP contribution is -2.78. The maximum atomic E-state index is 13.8. The summed E-state index contributed by atoms with van der Waals surface area (Å²) >= 11 is 0. The Balaban J connectivity index is 1.70. The van der Waals surface area contributed by atoms with E-state index in [9.17, 15) is 9.59 Å². The van der Waals surface area contributed by atoms with Crippen LogP contribution in [-0.2, 0) is 21.4 Å². The number of rotatable bonds is 4. The van der Waals surface area contributed by atoms with Gasteiger partial charge in [-0.3, -0.25) is 14.5 Å². The number of ketones is 1. The smallest absolute Gasteiger partial charge is 0.321 e. The molecule has 2 aliphatic carbocycles. The van der Waals surface area contributed by atoms with Crippen LogP contribution >= 0.6 is 0 Å². The van der Waals surface area contributed by atoms with Crippen LogP contribution in [0.3, 0.4) is 0 Å². The van der Waals surface area contributed by atoms with Crippen molar-refractivity contribution in [2.24, 2.45) is 10.8 Å². The Morgan fingerprint density at radius 2 is 1.93 bits per heavy atom. The Morgan fingerprint density at radius 1 is 1.17 bits per heavy atom. The second-order valence-corrected chi connectivity index (χ2v) is 9.69. The Bertz CT molecular complexity index is 1010. The topological polar surface area (TPSA) is 59.8 Å². The van der Waals surface area contributed by atoms with Gasteiger partial charge in [0.05, 0.1) is 12.9 Å². The lowest BCUT2D eigenvalue weighted by atomic mass is 9.39. The molecule has 6 rings (SSSR count). The number of carbonyl (C=O) groups excluding carboxylic acids is 2. The minimum Gasteiger partial charge on any atom is -0.465 e. The Morgan fingerprint density at radius 3 is 2.63 bits per heavy atom. The van der Waals surface area contributed by atoms with E-state index in [1.165, 1.54) is 17.4 Å². The summed E-state index contributed by atoms with van der Waals surface area (Å²) in [5.74, 6) is -0.421. The molecule has 5 heteroatoms. The van der Waals surface area contributed by atoms with Gasteiger partial charge in [0.1, 0.15) is 5.41 Å². The molecular weight excluding hydrogens is 378 g/mol. The van der Waals surface area contributed by atoms with Crippen molar-refractivity contribution in [3.8, 4) is 0 Å². The zero-order valence-corrected chi connectivity index (χ0v) is 18.1. The van der Waals surface area contributed by atoms with Crippen LogP contribution in [-0.4, -0.2) is 42.4 Å². The molecule has 5 unspecified atom stereocenters. The predicted molar refractivity (Wildman–Crippen MR) is 112 cm³/mol. The maximum absolute atomic E-state index is 13.8. The number of hydrogen-bond acceptors (Lipinski definition) is 5. The van der Waals surface area contributed by atoms with Crippen LogP contribution in [0.1, 0.15) is 55.3 Å². The number of carbonyl (C=O) groups is 2. The number of benzene rings is 1. The fraction of sp³-hybridized carbons (Fsp3) is 0.520. The van der Waals surface area contributed by atoms with Crippen LogP contribution < -0.4 is 0 Å². The average molecular weight is 408 g/mol. The average Bonchev–Trinajstić information content (AvgIpc) is 3.26. The number of nitrogens with zero attached hydrogens (tertiary/aromatic N) is 1. The SMILES string of the molecule is CCOC(=O)C1(C(=O)c2ccco2)CC2(C)C3Cc4ccccc4C2(C)CC1N3C. The molecule has 0 spiro atoms. The van der Waals surface area contributed by atoms with Gasteiger partial charge < -0.3 is 9.15 Å². The molecule has 2 saturated heterocycles. The van der Waals surface area contributed by atoms with Gasteiger partial charge in [0, 0.05) is 17.5 Å². The molecule has 3 fully saturated rings. The summed E-state index contributed by atoms with van der Waals surface area (Å²) < 4.78 is 11.0. The van der Waals surface area contributed by atoms with Gasteiger partial charge in [-0.05, 0) is 61.9 Å². The number of fused-ring (bicyclic) bond motifs is 2. The van der Waals surface area contributed by atoms with Crippen LogP contribution in [0.2, 0.25) is 0 Å². The Hall–Kier alpha value is -2.40. The second-order valence-electron chi connectivity index (χ2n) is 9.69. The first-order valence-corrected chi connectivity index (χ1v) is 10.9. The van der Waals surface area contributed by atoms with Crippen molar-refractivity contribution in [3.05, 3.63) is 59.5 Å². The van der Waals surface area contributed by atoms with Crippen LogP contribution in [0.4, 0.5) is 0 Å². The number of ether oxygens (including phenoxy) is 1. The molecule has 4 bridgehead atoms. The fourth-order valence-electron chi connectivity index (χ4n) is 6.98. The number of hydrogen-bond donors (Lipinski definition) is 0. The molecule has 1 aromatic heterocycles. The summed E-state index contributed by atoms with van der Waals surface area (Å²) in [6.45, 7) is 6.64. The summed E-state index contributed by atoms with van der Waals surface area (Å²) in [5.41, 5.74) is 1.14. The van der Waals surface area contributed by atoms with Crippen LogP contribution in [0.5, 0.6) is 0 Å². The molecule has 5 atom stereocenters. The number of furan rings is 1. The van der Waals surface area contributed by atoms with Crippen molar-refractivity contribution in [3.63, 3.8) is 0 Å². The first-order chi connectivity index (χ1) is 14.3. The maximum Gasteiger partial charge on any atom is 0.321 e. The number of likely N-dealkylation sites (N-methyl/N-ethyl adjacent to an activating group) is 1. The van der Waals surface area contributed by atoms with Gasteiger partial charge in [-0.15, -0.1) is 0 Å². The third-order valence-electron chi connectivity index (χ3n) is 8.61. The van der Waals surface area contributed by atoms with Gasteiger partial charge in [-0.1, -0.05) is 38.1 Å². The fourth-order valence-corrected chi connectivity index (χ4v) is 6.98. The van der Waals surface area contributed by atoms with E-state index in [2.05, 4.69) is 50.1 Å². The number of Topliss-reactive ketones (excluding diaryl/α,β-unsaturated/α-hetero) is 1. The molecule has 1 aromatic carbocycles. The van der Waals surface area contributed by atoms with Crippen LogP contribution in [0, 0.1) is 10.8 Å². The molecule has 3 heterocycles. The first kappa shape index (κ1) is 19.6. The van der Waals surface area contributed by atoms with Crippen LogP contribution in [0.15, 0.2) is 47.1 Å². The van der Waals surface area contributed by atoms with Gasteiger partial charge in [0.2, 0.25) is 5.78 Å². The minimum absolute atomic E-state index is 0.108. The van der Waals surface area contributed by atoms with E-state index >= 15 is 0 Å². The summed E-state index contributed by atoms with van der Waals surface area (Å²) in [5, 5.41) is 0. The highest BCUT2D eigenvalue weighted by molar-refractivity contribution is 6.12. The molecular formula is C25H29NO4. The summed E-state index contributed by atoms with van der Waals surface area (Å²) in [6, 6.07) is 12.1. The molecule has 0 radical (unpaired) electrons. The van der Waals surface area contributed by atoms with Gasteiger partial charge in [-0.25, -0.2) is 0 Å². The molecule has 30 heavy (non-hydrogen) atoms. The third-order valence-corrected chi connectivity index (χ3v) is 8.61. The minimum atomic E-state index is -1.25. The van der Waals surface area contributed by atoms with Crippen molar-refractivity contribution >= 4 is 11.8 Å². The lowest BCUT2D eigenvalue weighted by molar-refractivity contribution is -0.196. The van der Waals surface area contributed by atoms with E-state index in [1.54, 1.807) is 19.1 Å². The molecule has 0 N–H and O–H groups in total. The van der Waals surface area contributed by atoms with Crippen molar-refractivity contribution in [1.29, 1.82) is 0 Å². The monoisotopic (exact) mass is 407 g/mol. The molecule has 0 amide bonds. The van der Waals surface area contributed by atoms with E-state index in [1.807, 2.05) is 0 Å². The molecule has 2 aromatic rings. The van der Waals surface area contributed by atoms with E-state index < -0.39 is 11.4 Å². The number of piperidine rings is 2. The largest absolute Gasteiger partial charge is 0.465 e. The summed E-state index contributed by atoms with van der Waals surface area (Å²) in [6.07, 6.45) is 3.63. The quantitative estimate of drug-likeness (QED) is 0.435. The number of esters is 1. The van der Waals surface area contributed by atoms with E-state index in [0.29, 0.717) is 6.42 Å². The summed E-state index contributed by atoms with van der Waals surface area (Å²) in [4.78, 5) is 29.6. The normalized spacial score (nSPS) is 36.9. The second kappa shape index (κ2) is 6.30. The van der Waals surface area contributed by atoms with Gasteiger partial charge in [0.25, 0.3) is 0 Å². The first-order valence-electron chi connectivity index (χ1n) is 10.9. The molecule has 5 nitrogen and oxygen atoms in total. The highest BCUT2D eigenvalue weighted by atomic mass is 16.5. The third kappa shape index (κ3) is 2.16. The predicted octanol–water partition coefficient (Wildman–Crippen LogP) is 4.01. The van der Waals surface area contributed by atoms with Gasteiger partial charge in [0.15, 0.2) is 5.76 Å². The summed E-state index contributed by atoms with van der Waals surface area (Å²) in [7, 11) is 2.07. The molecule has 158 valence electrons. The standard InChI is InChI=1S/C25H29NO4/c1-5-29-22(28)25(21(27)18-11-8-12-30-18)15-24(3)19-13-16-9-6-7-10-17(16)23(24,2)14-20(25)26(19)4/h6-12,19-20H,5,13-15H2,1-4H3. The van der Waals surface area contributed by atoms with Gasteiger partial charge in [-0.2, -0.15) is 0 Å². The molecule has 1 saturated carbocycles. The van der Waals surface area contributed by atoms with E-state index in [-0.39, 0.29) is 41.1 Å². The van der Waals surface area contributed by atoms with E-state index in [0.717, 1.165) is 12.8 Å². The van der Waals surface area contributed by atoms with Crippen molar-refractivity contribution in [1.82, 2.24) is 4.90 Å².